The van der Waals surface area contributed by atoms with Crippen molar-refractivity contribution in [2.24, 2.45) is 0 Å². The summed E-state index contributed by atoms with van der Waals surface area (Å²) in [6.45, 7) is 4.40. The molecule has 0 atom stereocenters. The highest BCUT2D eigenvalue weighted by Crippen LogP contribution is 2.33. The van der Waals surface area contributed by atoms with Crippen LogP contribution in [-0.2, 0) is 17.7 Å². The first-order valence-corrected chi connectivity index (χ1v) is 13.1. The number of rotatable bonds is 6. The maximum Gasteiger partial charge on any atom is 0.169 e. The Bertz CT molecular complexity index is 1750. The van der Waals surface area contributed by atoms with E-state index in [-0.39, 0.29) is 0 Å². The van der Waals surface area contributed by atoms with Crippen LogP contribution in [0.3, 0.4) is 0 Å². The first kappa shape index (κ1) is 23.5. The van der Waals surface area contributed by atoms with Crippen LogP contribution in [-0.4, -0.2) is 60.9 Å². The molecule has 4 heterocycles. The summed E-state index contributed by atoms with van der Waals surface area (Å²) in [6, 6.07) is 24.9. The molecular formula is C30H28N8O. The SMILES string of the molecule is Nc1ncnc2c1c(-c1ccc3nc(Cc4ccccc4)[nH]c3c1)nn2-c1ccc(CN2CCOCC2)cc1. The van der Waals surface area contributed by atoms with Crippen LogP contribution in [0.2, 0.25) is 0 Å². The van der Waals surface area contributed by atoms with Gasteiger partial charge < -0.3 is 15.5 Å². The first-order chi connectivity index (χ1) is 19.2. The van der Waals surface area contributed by atoms with Crippen molar-refractivity contribution in [3.8, 4) is 16.9 Å². The summed E-state index contributed by atoms with van der Waals surface area (Å²) in [5.41, 5.74) is 14.0. The molecule has 0 saturated carbocycles. The summed E-state index contributed by atoms with van der Waals surface area (Å²) >= 11 is 0. The van der Waals surface area contributed by atoms with Crippen molar-refractivity contribution in [3.05, 3.63) is 96.1 Å². The van der Waals surface area contributed by atoms with E-state index in [4.69, 9.17) is 20.6 Å². The van der Waals surface area contributed by atoms with Gasteiger partial charge >= 0.3 is 0 Å². The lowest BCUT2D eigenvalue weighted by molar-refractivity contribution is 0.0342. The normalized spacial score (nSPS) is 14.4. The van der Waals surface area contributed by atoms with Crippen molar-refractivity contribution in [1.29, 1.82) is 0 Å². The lowest BCUT2D eigenvalue weighted by Crippen LogP contribution is -2.35. The number of ether oxygens (including phenoxy) is 1. The molecule has 3 aromatic carbocycles. The monoisotopic (exact) mass is 516 g/mol. The van der Waals surface area contributed by atoms with Gasteiger partial charge in [0.1, 0.15) is 23.7 Å². The number of aromatic nitrogens is 6. The Balaban J connectivity index is 1.23. The van der Waals surface area contributed by atoms with E-state index in [0.29, 0.717) is 11.5 Å². The standard InChI is InChI=1S/C30H28N8O/c31-29-27-28(22-8-11-24-25(17-22)35-26(34-24)16-20-4-2-1-3-5-20)36-38(30(27)33-19-32-29)23-9-6-21(7-10-23)18-37-12-14-39-15-13-37/h1-11,17,19H,12-16,18H2,(H,34,35)(H2,31,32,33). The molecule has 1 fully saturated rings. The smallest absolute Gasteiger partial charge is 0.169 e. The number of benzene rings is 3. The van der Waals surface area contributed by atoms with Gasteiger partial charge in [-0.3, -0.25) is 4.90 Å². The molecule has 39 heavy (non-hydrogen) atoms. The van der Waals surface area contributed by atoms with Crippen LogP contribution < -0.4 is 5.73 Å². The summed E-state index contributed by atoms with van der Waals surface area (Å²) in [4.78, 5) is 19.5. The Hall–Kier alpha value is -4.60. The summed E-state index contributed by atoms with van der Waals surface area (Å²) in [7, 11) is 0. The van der Waals surface area contributed by atoms with Crippen molar-refractivity contribution >= 4 is 27.9 Å². The van der Waals surface area contributed by atoms with Gasteiger partial charge in [0.15, 0.2) is 5.65 Å². The second-order valence-corrected chi connectivity index (χ2v) is 9.85. The predicted molar refractivity (Wildman–Crippen MR) is 152 cm³/mol. The molecule has 6 aromatic rings. The Morgan fingerprint density at radius 2 is 1.72 bits per heavy atom. The molecular weight excluding hydrogens is 488 g/mol. The number of nitrogens with one attached hydrogen (secondary N) is 1. The van der Waals surface area contributed by atoms with Gasteiger partial charge in [-0.1, -0.05) is 48.5 Å². The summed E-state index contributed by atoms with van der Waals surface area (Å²) < 4.78 is 7.32. The minimum Gasteiger partial charge on any atom is -0.383 e. The number of hydrogen-bond acceptors (Lipinski definition) is 7. The van der Waals surface area contributed by atoms with Crippen LogP contribution in [0.25, 0.3) is 39.0 Å². The van der Waals surface area contributed by atoms with Crippen molar-refractivity contribution in [2.75, 3.05) is 32.0 Å². The number of aromatic amines is 1. The van der Waals surface area contributed by atoms with Crippen molar-refractivity contribution in [3.63, 3.8) is 0 Å². The molecule has 0 radical (unpaired) electrons. The molecule has 1 aliphatic heterocycles. The topological polar surface area (TPSA) is 111 Å². The van der Waals surface area contributed by atoms with Crippen LogP contribution in [0.15, 0.2) is 79.1 Å². The summed E-state index contributed by atoms with van der Waals surface area (Å²) in [5, 5.41) is 5.72. The molecule has 7 rings (SSSR count). The van der Waals surface area contributed by atoms with Crippen molar-refractivity contribution in [1.82, 2.24) is 34.6 Å². The van der Waals surface area contributed by atoms with Gasteiger partial charge in [0, 0.05) is 31.6 Å². The third kappa shape index (κ3) is 4.62. The number of nitrogen functional groups attached to an aromatic ring is 1. The first-order valence-electron chi connectivity index (χ1n) is 13.1. The van der Waals surface area contributed by atoms with E-state index >= 15 is 0 Å². The van der Waals surface area contributed by atoms with E-state index in [1.54, 1.807) is 0 Å². The van der Waals surface area contributed by atoms with Crippen LogP contribution in [0.1, 0.15) is 17.0 Å². The van der Waals surface area contributed by atoms with Gasteiger partial charge in [0.2, 0.25) is 0 Å². The lowest BCUT2D eigenvalue weighted by Gasteiger charge is -2.26. The van der Waals surface area contributed by atoms with Crippen molar-refractivity contribution in [2.45, 2.75) is 13.0 Å². The number of imidazole rings is 1. The maximum absolute atomic E-state index is 6.38. The molecule has 3 aromatic heterocycles. The second-order valence-electron chi connectivity index (χ2n) is 9.85. The molecule has 0 spiro atoms. The number of fused-ring (bicyclic) bond motifs is 2. The number of nitrogens with zero attached hydrogens (tertiary/aromatic N) is 6. The quantitative estimate of drug-likeness (QED) is 0.338. The summed E-state index contributed by atoms with van der Waals surface area (Å²) in [6.07, 6.45) is 2.23. The van der Waals surface area contributed by atoms with Gasteiger partial charge in [0.25, 0.3) is 0 Å². The number of hydrogen-bond donors (Lipinski definition) is 2. The van der Waals surface area contributed by atoms with E-state index in [1.807, 2.05) is 35.0 Å². The highest BCUT2D eigenvalue weighted by atomic mass is 16.5. The van der Waals surface area contributed by atoms with E-state index in [9.17, 15) is 0 Å². The fourth-order valence-electron chi connectivity index (χ4n) is 5.20. The maximum atomic E-state index is 6.38. The Kier molecular flexibility index (Phi) is 5.99. The van der Waals surface area contributed by atoms with Gasteiger partial charge in [-0.25, -0.2) is 19.6 Å². The third-order valence-corrected chi connectivity index (χ3v) is 7.20. The molecule has 1 aliphatic rings. The Labute approximate surface area is 225 Å². The number of nitrogens with two attached hydrogens (primary N) is 1. The van der Waals surface area contributed by atoms with Gasteiger partial charge in [-0.2, -0.15) is 5.10 Å². The molecule has 9 heteroatoms. The van der Waals surface area contributed by atoms with Gasteiger partial charge in [-0.05, 0) is 35.4 Å². The zero-order valence-electron chi connectivity index (χ0n) is 21.4. The minimum atomic E-state index is 0.402. The van der Waals surface area contributed by atoms with E-state index in [2.05, 4.69) is 62.3 Å². The largest absolute Gasteiger partial charge is 0.383 e. The van der Waals surface area contributed by atoms with E-state index < -0.39 is 0 Å². The van der Waals surface area contributed by atoms with Crippen LogP contribution in [0, 0.1) is 0 Å². The average Bonchev–Trinajstić information content (AvgIpc) is 3.56. The Morgan fingerprint density at radius 3 is 2.54 bits per heavy atom. The van der Waals surface area contributed by atoms with Crippen LogP contribution in [0.5, 0.6) is 0 Å². The van der Waals surface area contributed by atoms with Gasteiger partial charge in [0.05, 0.1) is 35.3 Å². The zero-order chi connectivity index (χ0) is 26.2. The highest BCUT2D eigenvalue weighted by molar-refractivity contribution is 6.00. The fraction of sp³-hybridized carbons (Fsp3) is 0.200. The molecule has 0 aliphatic carbocycles. The predicted octanol–water partition coefficient (Wildman–Crippen LogP) is 4.36. The Morgan fingerprint density at radius 1 is 0.897 bits per heavy atom. The van der Waals surface area contributed by atoms with Gasteiger partial charge in [-0.15, -0.1) is 0 Å². The van der Waals surface area contributed by atoms with E-state index in [1.165, 1.54) is 17.5 Å². The minimum absolute atomic E-state index is 0.402. The molecule has 194 valence electrons. The molecule has 3 N–H and O–H groups in total. The zero-order valence-corrected chi connectivity index (χ0v) is 21.4. The lowest BCUT2D eigenvalue weighted by atomic mass is 10.1. The molecule has 0 amide bonds. The molecule has 0 bridgehead atoms. The fourth-order valence-corrected chi connectivity index (χ4v) is 5.20. The van der Waals surface area contributed by atoms with Crippen molar-refractivity contribution < 1.29 is 4.74 Å². The molecule has 9 nitrogen and oxygen atoms in total. The van der Waals surface area contributed by atoms with Crippen LogP contribution >= 0.6 is 0 Å². The molecule has 1 saturated heterocycles. The second kappa shape index (κ2) is 9.94. The number of morpholine rings is 1. The number of anilines is 1. The van der Waals surface area contributed by atoms with Crippen LogP contribution in [0.4, 0.5) is 5.82 Å². The molecule has 0 unspecified atom stereocenters. The van der Waals surface area contributed by atoms with E-state index in [0.717, 1.165) is 78.5 Å². The number of H-pyrrole nitrogens is 1. The summed E-state index contributed by atoms with van der Waals surface area (Å²) in [5.74, 6) is 1.32. The average molecular weight is 517 g/mol. The third-order valence-electron chi connectivity index (χ3n) is 7.20. The highest BCUT2D eigenvalue weighted by Gasteiger charge is 2.19.